The second kappa shape index (κ2) is 9.10. The van der Waals surface area contributed by atoms with Crippen LogP contribution in [0.2, 0.25) is 0 Å². The number of hydrogen-bond donors (Lipinski definition) is 1. The maximum absolute atomic E-state index is 12.0. The Kier molecular flexibility index (Phi) is 7.75. The van der Waals surface area contributed by atoms with Crippen molar-refractivity contribution in [2.24, 2.45) is 0 Å². The van der Waals surface area contributed by atoms with E-state index in [1.165, 1.54) is 12.8 Å². The van der Waals surface area contributed by atoms with Gasteiger partial charge in [-0.2, -0.15) is 0 Å². The molecule has 1 aromatic carbocycles. The summed E-state index contributed by atoms with van der Waals surface area (Å²) in [6.07, 6.45) is 3.39. The molecule has 0 saturated carbocycles. The van der Waals surface area contributed by atoms with E-state index in [0.717, 1.165) is 23.5 Å². The molecule has 1 aromatic rings. The van der Waals surface area contributed by atoms with Crippen LogP contribution in [0.25, 0.3) is 0 Å². The van der Waals surface area contributed by atoms with Crippen LogP contribution in [0.4, 0.5) is 0 Å². The lowest BCUT2D eigenvalue weighted by Gasteiger charge is -2.16. The maximum atomic E-state index is 12.0. The topological polar surface area (TPSA) is 38.3 Å². The van der Waals surface area contributed by atoms with Gasteiger partial charge in [-0.3, -0.25) is 4.21 Å². The van der Waals surface area contributed by atoms with E-state index in [4.69, 9.17) is 4.74 Å². The number of ether oxygens (including phenoxy) is 1. The highest BCUT2D eigenvalue weighted by Crippen LogP contribution is 2.18. The molecular formula is C15H25NO2S. The van der Waals surface area contributed by atoms with E-state index in [-0.39, 0.29) is 6.04 Å². The first kappa shape index (κ1) is 16.2. The van der Waals surface area contributed by atoms with Gasteiger partial charge < -0.3 is 10.1 Å². The van der Waals surface area contributed by atoms with Crippen molar-refractivity contribution in [1.82, 2.24) is 5.32 Å². The van der Waals surface area contributed by atoms with Crippen molar-refractivity contribution in [1.29, 1.82) is 0 Å². The number of rotatable bonds is 9. The molecule has 0 aromatic heterocycles. The van der Waals surface area contributed by atoms with Crippen molar-refractivity contribution in [3.63, 3.8) is 0 Å². The third-order valence-electron chi connectivity index (χ3n) is 3.19. The standard InChI is InChI=1S/C15H25NO2S/c1-4-5-6-11-19(17)12-15(16-2)13-7-9-14(18-3)10-8-13/h7-10,15-16H,4-6,11-12H2,1-3H3. The van der Waals surface area contributed by atoms with Gasteiger partial charge in [-0.05, 0) is 31.2 Å². The van der Waals surface area contributed by atoms with Gasteiger partial charge in [0.15, 0.2) is 0 Å². The van der Waals surface area contributed by atoms with Crippen LogP contribution >= 0.6 is 0 Å². The molecule has 1 N–H and O–H groups in total. The summed E-state index contributed by atoms with van der Waals surface area (Å²) in [5, 5.41) is 3.24. The Morgan fingerprint density at radius 3 is 2.47 bits per heavy atom. The molecule has 4 heteroatoms. The quantitative estimate of drug-likeness (QED) is 0.708. The molecular weight excluding hydrogens is 258 g/mol. The molecule has 0 amide bonds. The van der Waals surface area contributed by atoms with Crippen LogP contribution in [0.15, 0.2) is 24.3 Å². The number of unbranched alkanes of at least 4 members (excludes halogenated alkanes) is 2. The number of methoxy groups -OCH3 is 1. The Balaban J connectivity index is 2.54. The molecule has 0 spiro atoms. The molecule has 108 valence electrons. The summed E-state index contributed by atoms with van der Waals surface area (Å²) < 4.78 is 17.2. The van der Waals surface area contributed by atoms with Gasteiger partial charge >= 0.3 is 0 Å². The molecule has 2 atom stereocenters. The summed E-state index contributed by atoms with van der Waals surface area (Å²) in [6, 6.07) is 8.10. The lowest BCUT2D eigenvalue weighted by molar-refractivity contribution is 0.414. The number of hydrogen-bond acceptors (Lipinski definition) is 3. The van der Waals surface area contributed by atoms with Gasteiger partial charge in [-0.15, -0.1) is 0 Å². The maximum Gasteiger partial charge on any atom is 0.118 e. The molecule has 1 rings (SSSR count). The molecule has 0 fully saturated rings. The van der Waals surface area contributed by atoms with Gasteiger partial charge in [0.2, 0.25) is 0 Å². The number of benzene rings is 1. The molecule has 0 saturated heterocycles. The fourth-order valence-corrected chi connectivity index (χ4v) is 3.39. The van der Waals surface area contributed by atoms with Crippen molar-refractivity contribution in [3.8, 4) is 5.75 Å². The van der Waals surface area contributed by atoms with Crippen molar-refractivity contribution < 1.29 is 8.95 Å². The Labute approximate surface area is 119 Å². The zero-order chi connectivity index (χ0) is 14.1. The molecule has 0 bridgehead atoms. The summed E-state index contributed by atoms with van der Waals surface area (Å²) in [7, 11) is 2.82. The van der Waals surface area contributed by atoms with Crippen LogP contribution in [0.5, 0.6) is 5.75 Å². The summed E-state index contributed by atoms with van der Waals surface area (Å²) >= 11 is 0. The van der Waals surface area contributed by atoms with E-state index >= 15 is 0 Å². The van der Waals surface area contributed by atoms with Crippen LogP contribution in [-0.2, 0) is 10.8 Å². The first-order valence-electron chi connectivity index (χ1n) is 6.87. The van der Waals surface area contributed by atoms with Gasteiger partial charge in [0.25, 0.3) is 0 Å². The van der Waals surface area contributed by atoms with Gasteiger partial charge in [0, 0.05) is 28.3 Å². The zero-order valence-corrected chi connectivity index (χ0v) is 13.0. The van der Waals surface area contributed by atoms with Crippen molar-refractivity contribution in [2.75, 3.05) is 25.7 Å². The van der Waals surface area contributed by atoms with Crippen LogP contribution < -0.4 is 10.1 Å². The SMILES string of the molecule is CCCCCS(=O)CC(NC)c1ccc(OC)cc1. The Morgan fingerprint density at radius 2 is 1.95 bits per heavy atom. The van der Waals surface area contributed by atoms with E-state index < -0.39 is 10.8 Å². The van der Waals surface area contributed by atoms with E-state index in [2.05, 4.69) is 12.2 Å². The molecule has 0 aliphatic carbocycles. The lowest BCUT2D eigenvalue weighted by atomic mass is 10.1. The van der Waals surface area contributed by atoms with Gasteiger partial charge in [0.1, 0.15) is 5.75 Å². The molecule has 0 aliphatic rings. The summed E-state index contributed by atoms with van der Waals surface area (Å²) in [5.74, 6) is 2.33. The minimum Gasteiger partial charge on any atom is -0.497 e. The third-order valence-corrected chi connectivity index (χ3v) is 4.64. The molecule has 19 heavy (non-hydrogen) atoms. The summed E-state index contributed by atoms with van der Waals surface area (Å²) in [6.45, 7) is 2.16. The van der Waals surface area contributed by atoms with E-state index in [0.29, 0.717) is 5.75 Å². The Morgan fingerprint density at radius 1 is 1.26 bits per heavy atom. The lowest BCUT2D eigenvalue weighted by Crippen LogP contribution is -2.23. The summed E-state index contributed by atoms with van der Waals surface area (Å²) in [5.41, 5.74) is 1.16. The molecule has 0 aliphatic heterocycles. The third kappa shape index (κ3) is 5.74. The van der Waals surface area contributed by atoms with Crippen molar-refractivity contribution >= 4 is 10.8 Å². The predicted molar refractivity (Wildman–Crippen MR) is 82.2 cm³/mol. The molecule has 3 nitrogen and oxygen atoms in total. The van der Waals surface area contributed by atoms with Crippen LogP contribution in [0, 0.1) is 0 Å². The van der Waals surface area contributed by atoms with Crippen LogP contribution in [0.1, 0.15) is 37.8 Å². The van der Waals surface area contributed by atoms with Gasteiger partial charge in [0.05, 0.1) is 7.11 Å². The van der Waals surface area contributed by atoms with Crippen molar-refractivity contribution in [2.45, 2.75) is 32.2 Å². The Bertz CT molecular complexity index is 378. The largest absolute Gasteiger partial charge is 0.497 e. The van der Waals surface area contributed by atoms with Crippen LogP contribution in [0.3, 0.4) is 0 Å². The molecule has 2 unspecified atom stereocenters. The first-order chi connectivity index (χ1) is 9.21. The number of nitrogens with one attached hydrogen (secondary N) is 1. The van der Waals surface area contributed by atoms with Crippen LogP contribution in [-0.4, -0.2) is 29.9 Å². The highest BCUT2D eigenvalue weighted by Gasteiger charge is 2.13. The average molecular weight is 283 g/mol. The van der Waals surface area contributed by atoms with Crippen molar-refractivity contribution in [3.05, 3.63) is 29.8 Å². The normalized spacial score (nSPS) is 14.1. The zero-order valence-electron chi connectivity index (χ0n) is 12.1. The van der Waals surface area contributed by atoms with Gasteiger partial charge in [-0.1, -0.05) is 31.9 Å². The molecule has 0 radical (unpaired) electrons. The van der Waals surface area contributed by atoms with E-state index in [1.54, 1.807) is 7.11 Å². The molecule has 0 heterocycles. The van der Waals surface area contributed by atoms with E-state index in [9.17, 15) is 4.21 Å². The fourth-order valence-electron chi connectivity index (χ4n) is 1.96. The van der Waals surface area contributed by atoms with E-state index in [1.807, 2.05) is 31.3 Å². The smallest absolute Gasteiger partial charge is 0.118 e. The average Bonchev–Trinajstić information content (AvgIpc) is 2.45. The predicted octanol–water partition coefficient (Wildman–Crippen LogP) is 2.89. The second-order valence-electron chi connectivity index (χ2n) is 4.63. The Hall–Kier alpha value is -0.870. The fraction of sp³-hybridized carbons (Fsp3) is 0.600. The first-order valence-corrected chi connectivity index (χ1v) is 8.36. The highest BCUT2D eigenvalue weighted by atomic mass is 32.2. The minimum atomic E-state index is -0.753. The highest BCUT2D eigenvalue weighted by molar-refractivity contribution is 7.85. The van der Waals surface area contributed by atoms with Gasteiger partial charge in [-0.25, -0.2) is 0 Å². The minimum absolute atomic E-state index is 0.147. The second-order valence-corrected chi connectivity index (χ2v) is 6.25. The monoisotopic (exact) mass is 283 g/mol. The summed E-state index contributed by atoms with van der Waals surface area (Å²) in [4.78, 5) is 0.